The molecule has 0 bridgehead atoms. The second kappa shape index (κ2) is 6.14. The monoisotopic (exact) mass is 266 g/mol. The van der Waals surface area contributed by atoms with Crippen LogP contribution in [0.2, 0.25) is 0 Å². The molecular formula is C14H18O3S. The molecule has 3 nitrogen and oxygen atoms in total. The Labute approximate surface area is 112 Å². The summed E-state index contributed by atoms with van der Waals surface area (Å²) < 4.78 is 11.3. The number of hydrogen-bond acceptors (Lipinski definition) is 4. The summed E-state index contributed by atoms with van der Waals surface area (Å²) >= 11 is 1.95. The van der Waals surface area contributed by atoms with Gasteiger partial charge in [0.2, 0.25) is 0 Å². The van der Waals surface area contributed by atoms with E-state index in [-0.39, 0.29) is 11.9 Å². The molecule has 1 aromatic rings. The van der Waals surface area contributed by atoms with Gasteiger partial charge in [-0.25, -0.2) is 0 Å². The number of thioether (sulfide) groups is 1. The molecule has 0 N–H and O–H groups in total. The van der Waals surface area contributed by atoms with Crippen LogP contribution in [0.5, 0.6) is 11.5 Å². The highest BCUT2D eigenvalue weighted by atomic mass is 32.2. The number of methoxy groups -OCH3 is 1. The second-order valence-electron chi connectivity index (χ2n) is 4.32. The van der Waals surface area contributed by atoms with Gasteiger partial charge in [-0.3, -0.25) is 4.79 Å². The van der Waals surface area contributed by atoms with E-state index < -0.39 is 0 Å². The van der Waals surface area contributed by atoms with Gasteiger partial charge >= 0.3 is 0 Å². The first-order valence-electron chi connectivity index (χ1n) is 6.14. The van der Waals surface area contributed by atoms with Crippen molar-refractivity contribution in [2.75, 3.05) is 18.6 Å². The summed E-state index contributed by atoms with van der Waals surface area (Å²) in [4.78, 5) is 11.6. The zero-order valence-corrected chi connectivity index (χ0v) is 11.6. The van der Waals surface area contributed by atoms with Gasteiger partial charge in [0.15, 0.2) is 17.3 Å². The molecule has 1 aliphatic rings. The van der Waals surface area contributed by atoms with Gasteiger partial charge in [0.1, 0.15) is 6.10 Å². The van der Waals surface area contributed by atoms with Gasteiger partial charge in [-0.05, 0) is 43.4 Å². The summed E-state index contributed by atoms with van der Waals surface area (Å²) in [6.07, 6.45) is 2.25. The number of para-hydroxylation sites is 1. The second-order valence-corrected chi connectivity index (χ2v) is 5.55. The largest absolute Gasteiger partial charge is 0.493 e. The molecule has 0 unspecified atom stereocenters. The normalized spacial score (nSPS) is 16.3. The van der Waals surface area contributed by atoms with Crippen molar-refractivity contribution < 1.29 is 14.3 Å². The number of carbonyl (C=O) groups is 1. The van der Waals surface area contributed by atoms with Crippen molar-refractivity contribution >= 4 is 17.5 Å². The molecule has 4 heteroatoms. The molecule has 0 aliphatic carbocycles. The van der Waals surface area contributed by atoms with Gasteiger partial charge in [0.05, 0.1) is 12.7 Å². The maximum absolute atomic E-state index is 11.6. The highest BCUT2D eigenvalue weighted by Gasteiger charge is 2.20. The summed E-state index contributed by atoms with van der Waals surface area (Å²) in [5, 5.41) is 0. The first kappa shape index (κ1) is 13.3. The van der Waals surface area contributed by atoms with Crippen LogP contribution in [0, 0.1) is 0 Å². The molecule has 18 heavy (non-hydrogen) atoms. The highest BCUT2D eigenvalue weighted by Crippen LogP contribution is 2.34. The van der Waals surface area contributed by atoms with Crippen molar-refractivity contribution in [3.63, 3.8) is 0 Å². The van der Waals surface area contributed by atoms with Crippen molar-refractivity contribution in [1.29, 1.82) is 0 Å². The Bertz CT molecular complexity index is 425. The first-order valence-corrected chi connectivity index (χ1v) is 7.30. The summed E-state index contributed by atoms with van der Waals surface area (Å²) in [5.74, 6) is 3.49. The van der Waals surface area contributed by atoms with E-state index >= 15 is 0 Å². The summed E-state index contributed by atoms with van der Waals surface area (Å²) in [5.41, 5.74) is 0.604. The van der Waals surface area contributed by atoms with E-state index in [1.54, 1.807) is 20.1 Å². The Morgan fingerprint density at radius 1 is 1.33 bits per heavy atom. The maximum Gasteiger partial charge on any atom is 0.172 e. The van der Waals surface area contributed by atoms with Gasteiger partial charge in [-0.2, -0.15) is 11.8 Å². The molecule has 0 aromatic heterocycles. The van der Waals surface area contributed by atoms with Crippen LogP contribution in [0.25, 0.3) is 0 Å². The fourth-order valence-corrected chi connectivity index (χ4v) is 3.10. The fraction of sp³-hybridized carbons (Fsp3) is 0.500. The zero-order valence-electron chi connectivity index (χ0n) is 10.8. The summed E-state index contributed by atoms with van der Waals surface area (Å²) in [6.45, 7) is 1.55. The molecule has 0 amide bonds. The van der Waals surface area contributed by atoms with Gasteiger partial charge in [0.25, 0.3) is 0 Å². The Balaban J connectivity index is 2.25. The van der Waals surface area contributed by atoms with Crippen LogP contribution in [0.1, 0.15) is 30.1 Å². The van der Waals surface area contributed by atoms with E-state index in [1.807, 2.05) is 23.9 Å². The van der Waals surface area contributed by atoms with Crippen LogP contribution in [0.3, 0.4) is 0 Å². The first-order chi connectivity index (χ1) is 8.72. The minimum Gasteiger partial charge on any atom is -0.493 e. The standard InChI is InChI=1S/C14H18O3S/c1-10(15)12-4-3-5-13(16-2)14(12)17-11-6-8-18-9-7-11/h3-5,11H,6-9H2,1-2H3. The topological polar surface area (TPSA) is 35.5 Å². The smallest absolute Gasteiger partial charge is 0.172 e. The van der Waals surface area contributed by atoms with Crippen LogP contribution in [-0.2, 0) is 0 Å². The third-order valence-corrected chi connectivity index (χ3v) is 4.08. The Morgan fingerprint density at radius 2 is 2.06 bits per heavy atom. The predicted molar refractivity (Wildman–Crippen MR) is 74.0 cm³/mol. The SMILES string of the molecule is COc1cccc(C(C)=O)c1OC1CCSCC1. The molecule has 0 radical (unpaired) electrons. The van der Waals surface area contributed by atoms with Crippen LogP contribution in [0.15, 0.2) is 18.2 Å². The van der Waals surface area contributed by atoms with Crippen LogP contribution >= 0.6 is 11.8 Å². The lowest BCUT2D eigenvalue weighted by molar-refractivity contribution is 0.100. The molecule has 0 atom stereocenters. The van der Waals surface area contributed by atoms with Crippen molar-refractivity contribution in [2.45, 2.75) is 25.9 Å². The van der Waals surface area contributed by atoms with Crippen molar-refractivity contribution in [3.8, 4) is 11.5 Å². The lowest BCUT2D eigenvalue weighted by atomic mass is 10.1. The van der Waals surface area contributed by atoms with Crippen molar-refractivity contribution in [3.05, 3.63) is 23.8 Å². The number of ketones is 1. The molecule has 1 saturated heterocycles. The van der Waals surface area contributed by atoms with Gasteiger partial charge in [0, 0.05) is 0 Å². The average Bonchev–Trinajstić information content (AvgIpc) is 2.40. The quantitative estimate of drug-likeness (QED) is 0.784. The van der Waals surface area contributed by atoms with Gasteiger partial charge < -0.3 is 9.47 Å². The van der Waals surface area contributed by atoms with E-state index in [2.05, 4.69) is 0 Å². The molecule has 0 saturated carbocycles. The number of ether oxygens (including phenoxy) is 2. The fourth-order valence-electron chi connectivity index (χ4n) is 2.04. The molecule has 1 fully saturated rings. The lowest BCUT2D eigenvalue weighted by Gasteiger charge is -2.24. The lowest BCUT2D eigenvalue weighted by Crippen LogP contribution is -2.23. The Kier molecular flexibility index (Phi) is 4.53. The Hall–Kier alpha value is -1.16. The third-order valence-electron chi connectivity index (χ3n) is 3.03. The van der Waals surface area contributed by atoms with Gasteiger partial charge in [-0.1, -0.05) is 6.07 Å². The predicted octanol–water partition coefficient (Wildman–Crippen LogP) is 3.17. The average molecular weight is 266 g/mol. The molecule has 1 aliphatic heterocycles. The van der Waals surface area contributed by atoms with Crippen LogP contribution < -0.4 is 9.47 Å². The number of benzene rings is 1. The molecule has 98 valence electrons. The number of Topliss-reactive ketones (excluding diaryl/α,β-unsaturated/α-hetero) is 1. The molecule has 2 rings (SSSR count). The Morgan fingerprint density at radius 3 is 2.67 bits per heavy atom. The van der Waals surface area contributed by atoms with Crippen LogP contribution in [-0.4, -0.2) is 30.5 Å². The van der Waals surface area contributed by atoms with E-state index in [0.29, 0.717) is 17.1 Å². The zero-order chi connectivity index (χ0) is 13.0. The number of rotatable bonds is 4. The highest BCUT2D eigenvalue weighted by molar-refractivity contribution is 7.99. The van der Waals surface area contributed by atoms with Crippen molar-refractivity contribution in [2.24, 2.45) is 0 Å². The van der Waals surface area contributed by atoms with E-state index in [1.165, 1.54) is 0 Å². The van der Waals surface area contributed by atoms with Crippen molar-refractivity contribution in [1.82, 2.24) is 0 Å². The van der Waals surface area contributed by atoms with E-state index in [4.69, 9.17) is 9.47 Å². The molecule has 1 aromatic carbocycles. The minimum absolute atomic E-state index is 0.00841. The molecular weight excluding hydrogens is 248 g/mol. The van der Waals surface area contributed by atoms with Gasteiger partial charge in [-0.15, -0.1) is 0 Å². The maximum atomic E-state index is 11.6. The summed E-state index contributed by atoms with van der Waals surface area (Å²) in [6, 6.07) is 5.44. The number of carbonyl (C=O) groups excluding carboxylic acids is 1. The number of hydrogen-bond donors (Lipinski definition) is 0. The van der Waals surface area contributed by atoms with Crippen LogP contribution in [0.4, 0.5) is 0 Å². The third kappa shape index (κ3) is 2.99. The van der Waals surface area contributed by atoms with E-state index in [9.17, 15) is 4.79 Å². The molecule has 0 spiro atoms. The van der Waals surface area contributed by atoms with E-state index in [0.717, 1.165) is 24.3 Å². The summed E-state index contributed by atoms with van der Waals surface area (Å²) in [7, 11) is 1.60. The minimum atomic E-state index is 0.00841. The molecule has 1 heterocycles.